The van der Waals surface area contributed by atoms with E-state index >= 15 is 0 Å². The highest BCUT2D eigenvalue weighted by Gasteiger charge is 2.42. The molecule has 0 fully saturated rings. The second-order valence-electron chi connectivity index (χ2n) is 15.0. The van der Waals surface area contributed by atoms with E-state index in [1.807, 2.05) is 0 Å². The second-order valence-corrected chi connectivity index (χ2v) is 19.3. The lowest BCUT2D eigenvalue weighted by atomic mass is 10.0. The Balaban J connectivity index is 0.977. The molecule has 0 atom stereocenters. The Morgan fingerprint density at radius 1 is 0.375 bits per heavy atom. The third kappa shape index (κ3) is 5.83. The maximum absolute atomic E-state index is 6.77. The minimum absolute atomic E-state index is 0.956. The summed E-state index contributed by atoms with van der Waals surface area (Å²) in [4.78, 5) is 4.60. The zero-order valence-corrected chi connectivity index (χ0v) is 32.4. The van der Waals surface area contributed by atoms with Gasteiger partial charge in [-0.2, -0.15) is 0 Å². The largest absolute Gasteiger partial charge is 0.456 e. The van der Waals surface area contributed by atoms with Gasteiger partial charge in [0.1, 0.15) is 19.4 Å². The molecule has 0 amide bonds. The summed E-state index contributed by atoms with van der Waals surface area (Å²) in [6.45, 7) is 4.93. The number of para-hydroxylation sites is 4. The fraction of sp³-hybridized carbons (Fsp3) is 0.0385. The molecule has 268 valence electrons. The molecule has 9 aromatic rings. The fourth-order valence-corrected chi connectivity index (χ4v) is 11.7. The third-order valence-electron chi connectivity index (χ3n) is 11.2. The van der Waals surface area contributed by atoms with E-state index in [1.54, 1.807) is 0 Å². The van der Waals surface area contributed by atoms with E-state index in [9.17, 15) is 0 Å². The van der Waals surface area contributed by atoms with Crippen molar-refractivity contribution in [3.63, 3.8) is 0 Å². The van der Waals surface area contributed by atoms with Gasteiger partial charge in [-0.05, 0) is 124 Å². The van der Waals surface area contributed by atoms with Crippen LogP contribution in [0.1, 0.15) is 0 Å². The van der Waals surface area contributed by atoms with E-state index in [0.717, 1.165) is 45.5 Å². The molecule has 0 aliphatic carbocycles. The van der Waals surface area contributed by atoms with Crippen LogP contribution in [0.25, 0.3) is 44.5 Å². The highest BCUT2D eigenvalue weighted by molar-refractivity contribution is 7.05. The molecule has 1 aliphatic heterocycles. The van der Waals surface area contributed by atoms with E-state index in [-0.39, 0.29) is 0 Å². The highest BCUT2D eigenvalue weighted by Crippen LogP contribution is 2.40. The van der Waals surface area contributed by atoms with Gasteiger partial charge in [0.15, 0.2) is 0 Å². The topological polar surface area (TPSA) is 19.6 Å². The lowest BCUT2D eigenvalue weighted by Gasteiger charge is -2.25. The van der Waals surface area contributed by atoms with Gasteiger partial charge in [0.05, 0.1) is 0 Å². The summed E-state index contributed by atoms with van der Waals surface area (Å²) in [6, 6.07) is 73.8. The van der Waals surface area contributed by atoms with E-state index in [0.29, 0.717) is 0 Å². The number of hydrogen-bond donors (Lipinski definition) is 0. The first-order valence-corrected chi connectivity index (χ1v) is 22.3. The third-order valence-corrected chi connectivity index (χ3v) is 14.8. The number of hydrogen-bond acceptors (Lipinski definition) is 3. The summed E-state index contributed by atoms with van der Waals surface area (Å²) in [7, 11) is -2.05. The molecule has 4 heteroatoms. The summed E-state index contributed by atoms with van der Waals surface area (Å²) in [6.07, 6.45) is 0. The first-order valence-electron chi connectivity index (χ1n) is 19.3. The van der Waals surface area contributed by atoms with Crippen molar-refractivity contribution >= 4 is 63.5 Å². The zero-order valence-electron chi connectivity index (χ0n) is 31.4. The average molecular weight is 737 g/mol. The minimum atomic E-state index is -2.05. The van der Waals surface area contributed by atoms with Crippen LogP contribution < -0.4 is 20.2 Å². The van der Waals surface area contributed by atoms with Gasteiger partial charge in [-0.25, -0.2) is 0 Å². The van der Waals surface area contributed by atoms with E-state index < -0.39 is 8.07 Å². The summed E-state index contributed by atoms with van der Waals surface area (Å²) in [5, 5.41) is 4.07. The molecule has 2 heterocycles. The molecule has 0 N–H and O–H groups in total. The van der Waals surface area contributed by atoms with Gasteiger partial charge in [0.2, 0.25) is 0 Å². The molecule has 8 aromatic carbocycles. The minimum Gasteiger partial charge on any atom is -0.456 e. The van der Waals surface area contributed by atoms with Gasteiger partial charge in [0.25, 0.3) is 0 Å². The van der Waals surface area contributed by atoms with Gasteiger partial charge in [-0.3, -0.25) is 0 Å². The SMILES string of the molecule is C[Si]1(C)c2ccc(-c3ccc(N(c4ccccc4)c4ccccc4)cc3)cc2-c2oc3ccc(-c4ccc(N(c5ccccc5)c5ccccc5)cc4)cc3c21. The van der Waals surface area contributed by atoms with E-state index in [2.05, 4.69) is 229 Å². The maximum atomic E-state index is 6.77. The van der Waals surface area contributed by atoms with Gasteiger partial charge < -0.3 is 14.2 Å². The van der Waals surface area contributed by atoms with Crippen LogP contribution in [0, 0.1) is 0 Å². The Morgan fingerprint density at radius 3 is 1.20 bits per heavy atom. The molecule has 0 saturated heterocycles. The number of fused-ring (bicyclic) bond motifs is 5. The molecular formula is C52H40N2OSi. The molecule has 1 aromatic heterocycles. The molecule has 0 unspecified atom stereocenters. The lowest BCUT2D eigenvalue weighted by Crippen LogP contribution is -2.49. The van der Waals surface area contributed by atoms with Crippen LogP contribution in [0.4, 0.5) is 34.1 Å². The monoisotopic (exact) mass is 736 g/mol. The standard InChI is InChI=1S/C52H40N2OSi/c1-56(2)50-34-28-40(38-25-31-46(32-26-38)54(43-19-11-5-12-20-43)44-21-13-6-14-22-44)36-48(50)51-52(56)47-35-39(27-33-49(47)55-51)37-23-29-45(30-24-37)53(41-15-7-3-8-16-41)42-17-9-4-10-18-42/h3-36H,1-2H3. The molecule has 0 radical (unpaired) electrons. The normalized spacial score (nSPS) is 12.6. The van der Waals surface area contributed by atoms with Crippen molar-refractivity contribution < 1.29 is 4.42 Å². The van der Waals surface area contributed by atoms with Crippen molar-refractivity contribution in [1.29, 1.82) is 0 Å². The quantitative estimate of drug-likeness (QED) is 0.145. The maximum Gasteiger partial charge on any atom is 0.134 e. The van der Waals surface area contributed by atoms with Crippen molar-refractivity contribution in [3.05, 3.63) is 206 Å². The number of rotatable bonds is 8. The number of anilines is 6. The molecule has 1 aliphatic rings. The van der Waals surface area contributed by atoms with Crippen LogP contribution in [0.3, 0.4) is 0 Å². The molecule has 0 saturated carbocycles. The van der Waals surface area contributed by atoms with Crippen LogP contribution in [0.15, 0.2) is 211 Å². The van der Waals surface area contributed by atoms with Gasteiger partial charge in [-0.15, -0.1) is 0 Å². The van der Waals surface area contributed by atoms with Crippen molar-refractivity contribution in [2.24, 2.45) is 0 Å². The predicted molar refractivity (Wildman–Crippen MR) is 239 cm³/mol. The first kappa shape index (κ1) is 33.7. The molecular weight excluding hydrogens is 697 g/mol. The average Bonchev–Trinajstić information content (AvgIpc) is 3.75. The number of benzene rings is 8. The van der Waals surface area contributed by atoms with Crippen LogP contribution >= 0.6 is 0 Å². The highest BCUT2D eigenvalue weighted by atomic mass is 28.3. The van der Waals surface area contributed by atoms with Crippen LogP contribution in [-0.4, -0.2) is 8.07 Å². The fourth-order valence-electron chi connectivity index (χ4n) is 8.49. The predicted octanol–water partition coefficient (Wildman–Crippen LogP) is 13.5. The molecule has 0 spiro atoms. The van der Waals surface area contributed by atoms with Crippen LogP contribution in [-0.2, 0) is 0 Å². The summed E-state index contributed by atoms with van der Waals surface area (Å²) < 4.78 is 6.77. The Labute approximate surface area is 329 Å². The molecule has 10 rings (SSSR count). The Bertz CT molecular complexity index is 2720. The Hall–Kier alpha value is -6.88. The Kier molecular flexibility index (Phi) is 8.27. The summed E-state index contributed by atoms with van der Waals surface area (Å²) in [5.74, 6) is 1.04. The number of furan rings is 1. The van der Waals surface area contributed by atoms with Crippen LogP contribution in [0.2, 0.25) is 13.1 Å². The van der Waals surface area contributed by atoms with Crippen molar-refractivity contribution in [3.8, 4) is 33.6 Å². The van der Waals surface area contributed by atoms with Gasteiger partial charge in [0, 0.05) is 45.1 Å². The first-order chi connectivity index (χ1) is 27.5. The number of nitrogens with zero attached hydrogens (tertiary/aromatic N) is 2. The van der Waals surface area contributed by atoms with Gasteiger partial charge >= 0.3 is 0 Å². The van der Waals surface area contributed by atoms with E-state index in [4.69, 9.17) is 4.42 Å². The van der Waals surface area contributed by atoms with Crippen molar-refractivity contribution in [2.75, 3.05) is 9.80 Å². The molecule has 56 heavy (non-hydrogen) atoms. The van der Waals surface area contributed by atoms with E-state index in [1.165, 1.54) is 43.6 Å². The van der Waals surface area contributed by atoms with Crippen LogP contribution in [0.5, 0.6) is 0 Å². The summed E-state index contributed by atoms with van der Waals surface area (Å²) >= 11 is 0. The Morgan fingerprint density at radius 2 is 0.750 bits per heavy atom. The molecule has 3 nitrogen and oxygen atoms in total. The second kappa shape index (κ2) is 13.8. The van der Waals surface area contributed by atoms with Crippen molar-refractivity contribution in [1.82, 2.24) is 0 Å². The zero-order chi connectivity index (χ0) is 37.6. The molecule has 0 bridgehead atoms. The smallest absolute Gasteiger partial charge is 0.134 e. The van der Waals surface area contributed by atoms with Crippen molar-refractivity contribution in [2.45, 2.75) is 13.1 Å². The van der Waals surface area contributed by atoms with Gasteiger partial charge in [-0.1, -0.05) is 128 Å². The lowest BCUT2D eigenvalue weighted by molar-refractivity contribution is 0.635. The summed E-state index contributed by atoms with van der Waals surface area (Å²) in [5.41, 5.74) is 13.7.